The summed E-state index contributed by atoms with van der Waals surface area (Å²) in [5.41, 5.74) is 3.13. The summed E-state index contributed by atoms with van der Waals surface area (Å²) in [7, 11) is 0. The lowest BCUT2D eigenvalue weighted by Crippen LogP contribution is -2.03. The molecule has 0 unspecified atom stereocenters. The van der Waals surface area contributed by atoms with E-state index in [-0.39, 0.29) is 6.79 Å². The number of rotatable bonds is 4. The number of aryl methyl sites for hydroxylation is 1. The summed E-state index contributed by atoms with van der Waals surface area (Å²) in [6, 6.07) is 12.0. The number of pyridine rings is 1. The van der Waals surface area contributed by atoms with Gasteiger partial charge in [-0.15, -0.1) is 11.3 Å². The largest absolute Gasteiger partial charge is 0.454 e. The number of hydrogen-bond acceptors (Lipinski definition) is 7. The second-order valence-corrected chi connectivity index (χ2v) is 7.28. The standard InChI is InChI=1S/C20H16N4O2S/c1-12-23-15-8-18(14-3-2-6-21-10-14)27-19(15)20(24-12)22-9-13-4-5-16-17(7-13)26-11-25-16/h2-8,10H,9,11H2,1H3,(H,22,23,24). The fraction of sp³-hybridized carbons (Fsp3) is 0.150. The third-order valence-corrected chi connectivity index (χ3v) is 5.51. The highest BCUT2D eigenvalue weighted by molar-refractivity contribution is 7.22. The maximum atomic E-state index is 5.45. The molecule has 0 fully saturated rings. The first-order chi connectivity index (χ1) is 13.3. The van der Waals surface area contributed by atoms with E-state index in [1.165, 1.54) is 0 Å². The van der Waals surface area contributed by atoms with Gasteiger partial charge in [-0.1, -0.05) is 12.1 Å². The monoisotopic (exact) mass is 376 g/mol. The molecule has 0 radical (unpaired) electrons. The molecule has 1 aliphatic rings. The molecule has 3 aromatic heterocycles. The summed E-state index contributed by atoms with van der Waals surface area (Å²) in [5, 5.41) is 3.45. The van der Waals surface area contributed by atoms with Crippen LogP contribution in [-0.4, -0.2) is 21.7 Å². The Hall–Kier alpha value is -3.19. The topological polar surface area (TPSA) is 69.2 Å². The molecule has 1 N–H and O–H groups in total. The Morgan fingerprint density at radius 2 is 2.04 bits per heavy atom. The van der Waals surface area contributed by atoms with Crippen LogP contribution in [-0.2, 0) is 6.54 Å². The molecular weight excluding hydrogens is 360 g/mol. The van der Waals surface area contributed by atoms with E-state index in [4.69, 9.17) is 9.47 Å². The predicted octanol–water partition coefficient (Wildman–Crippen LogP) is 4.40. The van der Waals surface area contributed by atoms with Crippen molar-refractivity contribution < 1.29 is 9.47 Å². The molecule has 134 valence electrons. The van der Waals surface area contributed by atoms with Crippen molar-refractivity contribution in [2.75, 3.05) is 12.1 Å². The Labute approximate surface area is 159 Å². The van der Waals surface area contributed by atoms with E-state index in [0.29, 0.717) is 6.54 Å². The van der Waals surface area contributed by atoms with E-state index in [9.17, 15) is 0 Å². The van der Waals surface area contributed by atoms with Crippen LogP contribution in [0.5, 0.6) is 11.5 Å². The number of nitrogens with zero attached hydrogens (tertiary/aromatic N) is 3. The summed E-state index contributed by atoms with van der Waals surface area (Å²) >= 11 is 1.67. The minimum absolute atomic E-state index is 0.282. The molecule has 1 aromatic carbocycles. The number of fused-ring (bicyclic) bond motifs is 2. The minimum atomic E-state index is 0.282. The number of aromatic nitrogens is 3. The summed E-state index contributed by atoms with van der Waals surface area (Å²) in [6.45, 7) is 2.83. The minimum Gasteiger partial charge on any atom is -0.454 e. The van der Waals surface area contributed by atoms with Gasteiger partial charge in [0.15, 0.2) is 11.5 Å². The normalized spacial score (nSPS) is 12.5. The molecule has 0 aliphatic carbocycles. The van der Waals surface area contributed by atoms with Crippen molar-refractivity contribution in [1.82, 2.24) is 15.0 Å². The van der Waals surface area contributed by atoms with Crippen molar-refractivity contribution in [2.45, 2.75) is 13.5 Å². The fourth-order valence-corrected chi connectivity index (χ4v) is 4.11. The van der Waals surface area contributed by atoms with Crippen molar-refractivity contribution in [3.8, 4) is 21.9 Å². The quantitative estimate of drug-likeness (QED) is 0.569. The third kappa shape index (κ3) is 3.06. The van der Waals surface area contributed by atoms with Crippen LogP contribution >= 0.6 is 11.3 Å². The van der Waals surface area contributed by atoms with Gasteiger partial charge in [0.25, 0.3) is 0 Å². The van der Waals surface area contributed by atoms with Gasteiger partial charge in [0.1, 0.15) is 11.6 Å². The Morgan fingerprint density at radius 3 is 2.93 bits per heavy atom. The van der Waals surface area contributed by atoms with Gasteiger partial charge in [0, 0.05) is 29.4 Å². The van der Waals surface area contributed by atoms with Crippen molar-refractivity contribution in [2.24, 2.45) is 0 Å². The average Bonchev–Trinajstić information content (AvgIpc) is 3.33. The van der Waals surface area contributed by atoms with Gasteiger partial charge in [0.05, 0.1) is 10.2 Å². The lowest BCUT2D eigenvalue weighted by Gasteiger charge is -2.08. The van der Waals surface area contributed by atoms with Crippen LogP contribution in [0, 0.1) is 6.92 Å². The Kier molecular flexibility index (Phi) is 3.86. The molecular formula is C20H16N4O2S. The van der Waals surface area contributed by atoms with Gasteiger partial charge in [0.2, 0.25) is 6.79 Å². The first-order valence-corrected chi connectivity index (χ1v) is 9.39. The molecule has 6 nitrogen and oxygen atoms in total. The lowest BCUT2D eigenvalue weighted by atomic mass is 10.2. The molecule has 0 amide bonds. The Balaban J connectivity index is 1.46. The average molecular weight is 376 g/mol. The zero-order chi connectivity index (χ0) is 18.2. The molecule has 7 heteroatoms. The fourth-order valence-electron chi connectivity index (χ4n) is 3.05. The Bertz CT molecular complexity index is 1130. The number of ether oxygens (including phenoxy) is 2. The van der Waals surface area contributed by atoms with Gasteiger partial charge >= 0.3 is 0 Å². The third-order valence-electron chi connectivity index (χ3n) is 4.33. The molecule has 5 rings (SSSR count). The number of nitrogens with one attached hydrogen (secondary N) is 1. The van der Waals surface area contributed by atoms with Gasteiger partial charge in [-0.3, -0.25) is 4.98 Å². The van der Waals surface area contributed by atoms with Crippen LogP contribution < -0.4 is 14.8 Å². The van der Waals surface area contributed by atoms with E-state index in [1.807, 2.05) is 37.4 Å². The lowest BCUT2D eigenvalue weighted by molar-refractivity contribution is 0.174. The maximum absolute atomic E-state index is 5.45. The first kappa shape index (κ1) is 16.0. The second-order valence-electron chi connectivity index (χ2n) is 6.23. The molecule has 4 aromatic rings. The molecule has 0 atom stereocenters. The maximum Gasteiger partial charge on any atom is 0.231 e. The molecule has 27 heavy (non-hydrogen) atoms. The molecule has 0 bridgehead atoms. The van der Waals surface area contributed by atoms with Gasteiger partial charge in [-0.05, 0) is 36.8 Å². The van der Waals surface area contributed by atoms with Gasteiger partial charge < -0.3 is 14.8 Å². The smallest absolute Gasteiger partial charge is 0.231 e. The molecule has 4 heterocycles. The van der Waals surface area contributed by atoms with Crippen LogP contribution in [0.2, 0.25) is 0 Å². The summed E-state index contributed by atoms with van der Waals surface area (Å²) < 4.78 is 11.9. The highest BCUT2D eigenvalue weighted by Gasteiger charge is 2.15. The predicted molar refractivity (Wildman–Crippen MR) is 105 cm³/mol. The second kappa shape index (κ2) is 6.51. The van der Waals surface area contributed by atoms with Crippen LogP contribution in [0.3, 0.4) is 0 Å². The van der Waals surface area contributed by atoms with E-state index in [0.717, 1.165) is 49.4 Å². The van der Waals surface area contributed by atoms with Gasteiger partial charge in [-0.2, -0.15) is 0 Å². The number of thiophene rings is 1. The van der Waals surface area contributed by atoms with E-state index < -0.39 is 0 Å². The summed E-state index contributed by atoms with van der Waals surface area (Å²) in [4.78, 5) is 14.5. The Morgan fingerprint density at radius 1 is 1.11 bits per heavy atom. The van der Waals surface area contributed by atoms with Crippen LogP contribution in [0.1, 0.15) is 11.4 Å². The number of anilines is 1. The molecule has 0 spiro atoms. The van der Waals surface area contributed by atoms with Crippen LogP contribution in [0.25, 0.3) is 20.7 Å². The zero-order valence-electron chi connectivity index (χ0n) is 14.6. The molecule has 1 aliphatic heterocycles. The highest BCUT2D eigenvalue weighted by atomic mass is 32.1. The number of benzene rings is 1. The SMILES string of the molecule is Cc1nc(NCc2ccc3c(c2)OCO3)c2sc(-c3cccnc3)cc2n1. The zero-order valence-corrected chi connectivity index (χ0v) is 15.4. The van der Waals surface area contributed by atoms with E-state index in [2.05, 4.69) is 32.4 Å². The van der Waals surface area contributed by atoms with Crippen LogP contribution in [0.15, 0.2) is 48.8 Å². The van der Waals surface area contributed by atoms with Crippen molar-refractivity contribution in [1.29, 1.82) is 0 Å². The van der Waals surface area contributed by atoms with Crippen molar-refractivity contribution in [3.05, 3.63) is 60.2 Å². The van der Waals surface area contributed by atoms with Crippen molar-refractivity contribution in [3.63, 3.8) is 0 Å². The van der Waals surface area contributed by atoms with Crippen LogP contribution in [0.4, 0.5) is 5.82 Å². The number of hydrogen-bond donors (Lipinski definition) is 1. The first-order valence-electron chi connectivity index (χ1n) is 8.57. The van der Waals surface area contributed by atoms with E-state index in [1.54, 1.807) is 17.5 Å². The molecule has 0 saturated heterocycles. The summed E-state index contributed by atoms with van der Waals surface area (Å²) in [5.74, 6) is 3.16. The van der Waals surface area contributed by atoms with E-state index >= 15 is 0 Å². The van der Waals surface area contributed by atoms with Gasteiger partial charge in [-0.25, -0.2) is 9.97 Å². The van der Waals surface area contributed by atoms with Crippen molar-refractivity contribution >= 4 is 27.4 Å². The molecule has 0 saturated carbocycles. The highest BCUT2D eigenvalue weighted by Crippen LogP contribution is 2.36. The summed E-state index contributed by atoms with van der Waals surface area (Å²) in [6.07, 6.45) is 3.64.